The third-order valence-corrected chi connectivity index (χ3v) is 5.44. The van der Waals surface area contributed by atoms with Crippen molar-refractivity contribution in [2.75, 3.05) is 6.54 Å². The minimum Gasteiger partial charge on any atom is -0.455 e. The summed E-state index contributed by atoms with van der Waals surface area (Å²) in [6, 6.07) is 10.0. The van der Waals surface area contributed by atoms with E-state index in [9.17, 15) is 9.59 Å². The van der Waals surface area contributed by atoms with Crippen LogP contribution in [0.5, 0.6) is 0 Å². The van der Waals surface area contributed by atoms with Gasteiger partial charge in [0.2, 0.25) is 0 Å². The largest absolute Gasteiger partial charge is 0.455 e. The normalized spacial score (nSPS) is 13.4. The second-order valence-corrected chi connectivity index (χ2v) is 7.51. The Balaban J connectivity index is 1.34. The van der Waals surface area contributed by atoms with Crippen molar-refractivity contribution in [3.63, 3.8) is 0 Å². The molecule has 2 aromatic heterocycles. The molecule has 1 amide bonds. The number of nitrogens with zero attached hydrogens (tertiary/aromatic N) is 2. The number of furan rings is 1. The molecule has 1 aliphatic carbocycles. The van der Waals surface area contributed by atoms with Crippen LogP contribution < -0.4 is 5.32 Å². The number of nitrogens with one attached hydrogen (secondary N) is 1. The number of rotatable bonds is 6. The van der Waals surface area contributed by atoms with Gasteiger partial charge in [0.1, 0.15) is 5.76 Å². The van der Waals surface area contributed by atoms with Crippen LogP contribution >= 0.6 is 0 Å². The van der Waals surface area contributed by atoms with E-state index in [0.717, 1.165) is 37.1 Å². The van der Waals surface area contributed by atoms with E-state index in [2.05, 4.69) is 10.4 Å². The standard InChI is InChI=1S/C23H25N3O3/c1-15-21-19(27)11-6-12-20(21)29-22(15)23(28)24-13-7-8-17-14-26(25-16(17)2)18-9-4-3-5-10-18/h3-5,9-10,14H,6-8,11-13H2,1-2H3,(H,24,28). The smallest absolute Gasteiger partial charge is 0.287 e. The SMILES string of the molecule is Cc1nn(-c2ccccc2)cc1CCCNC(=O)c1oc2c(c1C)C(=O)CCC2. The number of hydrogen-bond acceptors (Lipinski definition) is 4. The zero-order valence-electron chi connectivity index (χ0n) is 16.8. The number of ketones is 1. The van der Waals surface area contributed by atoms with Gasteiger partial charge in [0, 0.05) is 31.1 Å². The highest BCUT2D eigenvalue weighted by Crippen LogP contribution is 2.29. The number of aromatic nitrogens is 2. The van der Waals surface area contributed by atoms with E-state index < -0.39 is 0 Å². The third-order valence-electron chi connectivity index (χ3n) is 5.44. The van der Waals surface area contributed by atoms with Gasteiger partial charge in [-0.1, -0.05) is 18.2 Å². The van der Waals surface area contributed by atoms with E-state index in [1.807, 2.05) is 48.1 Å². The molecule has 1 N–H and O–H groups in total. The van der Waals surface area contributed by atoms with Gasteiger partial charge in [-0.25, -0.2) is 4.68 Å². The summed E-state index contributed by atoms with van der Waals surface area (Å²) in [7, 11) is 0. The number of para-hydroxylation sites is 1. The van der Waals surface area contributed by atoms with E-state index in [4.69, 9.17) is 4.42 Å². The lowest BCUT2D eigenvalue weighted by atomic mass is 9.94. The Morgan fingerprint density at radius 3 is 2.76 bits per heavy atom. The summed E-state index contributed by atoms with van der Waals surface area (Å²) < 4.78 is 7.60. The topological polar surface area (TPSA) is 77.1 Å². The van der Waals surface area contributed by atoms with Crippen LogP contribution in [-0.4, -0.2) is 28.0 Å². The van der Waals surface area contributed by atoms with Gasteiger partial charge in [-0.2, -0.15) is 5.10 Å². The van der Waals surface area contributed by atoms with Crippen LogP contribution in [0.25, 0.3) is 5.69 Å². The van der Waals surface area contributed by atoms with Gasteiger partial charge < -0.3 is 9.73 Å². The van der Waals surface area contributed by atoms with Crippen LogP contribution in [0.1, 0.15) is 62.8 Å². The molecule has 0 saturated heterocycles. The molecule has 0 fully saturated rings. The lowest BCUT2D eigenvalue weighted by molar-refractivity contribution is 0.0919. The lowest BCUT2D eigenvalue weighted by Gasteiger charge is -2.07. The number of aryl methyl sites for hydroxylation is 3. The predicted molar refractivity (Wildman–Crippen MR) is 110 cm³/mol. The van der Waals surface area contributed by atoms with Gasteiger partial charge in [0.05, 0.1) is 16.9 Å². The molecule has 0 radical (unpaired) electrons. The molecule has 150 valence electrons. The Bertz CT molecular complexity index is 1050. The molecular formula is C23H25N3O3. The average Bonchev–Trinajstić information content (AvgIpc) is 3.27. The van der Waals surface area contributed by atoms with Crippen molar-refractivity contribution in [1.29, 1.82) is 0 Å². The molecule has 0 unspecified atom stereocenters. The van der Waals surface area contributed by atoms with Crippen LogP contribution in [0.15, 0.2) is 40.9 Å². The third kappa shape index (κ3) is 3.88. The zero-order chi connectivity index (χ0) is 20.4. The first-order valence-corrected chi connectivity index (χ1v) is 10.1. The monoisotopic (exact) mass is 391 g/mol. The molecular weight excluding hydrogens is 366 g/mol. The summed E-state index contributed by atoms with van der Waals surface area (Å²) in [5.74, 6) is 0.769. The summed E-state index contributed by atoms with van der Waals surface area (Å²) in [4.78, 5) is 24.6. The summed E-state index contributed by atoms with van der Waals surface area (Å²) in [6.45, 7) is 4.33. The second kappa shape index (κ2) is 8.07. The maximum Gasteiger partial charge on any atom is 0.287 e. The van der Waals surface area contributed by atoms with Gasteiger partial charge in [-0.15, -0.1) is 0 Å². The number of amides is 1. The zero-order valence-corrected chi connectivity index (χ0v) is 16.8. The van der Waals surface area contributed by atoms with Crippen LogP contribution in [0.3, 0.4) is 0 Å². The molecule has 3 aromatic rings. The Hall–Kier alpha value is -3.15. The fourth-order valence-electron chi connectivity index (χ4n) is 3.88. The van der Waals surface area contributed by atoms with Crippen LogP contribution in [0, 0.1) is 13.8 Å². The van der Waals surface area contributed by atoms with E-state index in [-0.39, 0.29) is 17.5 Å². The second-order valence-electron chi connectivity index (χ2n) is 7.51. The van der Waals surface area contributed by atoms with Gasteiger partial charge in [0.25, 0.3) is 5.91 Å². The van der Waals surface area contributed by atoms with E-state index >= 15 is 0 Å². The number of fused-ring (bicyclic) bond motifs is 1. The van der Waals surface area contributed by atoms with Gasteiger partial charge >= 0.3 is 0 Å². The first-order chi connectivity index (χ1) is 14.0. The van der Waals surface area contributed by atoms with Crippen LogP contribution in [0.4, 0.5) is 0 Å². The first-order valence-electron chi connectivity index (χ1n) is 10.1. The molecule has 6 heteroatoms. The molecule has 2 heterocycles. The van der Waals surface area contributed by atoms with E-state index in [0.29, 0.717) is 29.9 Å². The molecule has 0 aliphatic heterocycles. The fraction of sp³-hybridized carbons (Fsp3) is 0.348. The number of carbonyl (C=O) groups is 2. The minimum atomic E-state index is -0.249. The van der Waals surface area contributed by atoms with Crippen molar-refractivity contribution in [2.24, 2.45) is 0 Å². The number of carbonyl (C=O) groups excluding carboxylic acids is 2. The molecule has 0 bridgehead atoms. The molecule has 6 nitrogen and oxygen atoms in total. The van der Waals surface area contributed by atoms with Gasteiger partial charge in [-0.3, -0.25) is 9.59 Å². The Kier molecular flexibility index (Phi) is 5.34. The van der Waals surface area contributed by atoms with Gasteiger partial charge in [0.15, 0.2) is 11.5 Å². The van der Waals surface area contributed by atoms with Crippen molar-refractivity contribution in [1.82, 2.24) is 15.1 Å². The molecule has 0 spiro atoms. The maximum absolute atomic E-state index is 12.5. The highest BCUT2D eigenvalue weighted by atomic mass is 16.4. The number of benzene rings is 1. The predicted octanol–water partition coefficient (Wildman–Crippen LogP) is 3.96. The molecule has 1 aromatic carbocycles. The average molecular weight is 391 g/mol. The Labute approximate surface area is 169 Å². The summed E-state index contributed by atoms with van der Waals surface area (Å²) in [6.07, 6.45) is 5.71. The molecule has 29 heavy (non-hydrogen) atoms. The number of Topliss-reactive ketones (excluding diaryl/α,β-unsaturated/α-hetero) is 1. The Morgan fingerprint density at radius 2 is 2.00 bits per heavy atom. The molecule has 0 saturated carbocycles. The van der Waals surface area contributed by atoms with E-state index in [1.54, 1.807) is 6.92 Å². The van der Waals surface area contributed by atoms with Crippen molar-refractivity contribution in [3.05, 3.63) is 70.4 Å². The van der Waals surface area contributed by atoms with Crippen LogP contribution in [-0.2, 0) is 12.8 Å². The van der Waals surface area contributed by atoms with Crippen LogP contribution in [0.2, 0.25) is 0 Å². The maximum atomic E-state index is 12.5. The highest BCUT2D eigenvalue weighted by Gasteiger charge is 2.28. The molecule has 4 rings (SSSR count). The first kappa shape index (κ1) is 19.2. The fourth-order valence-corrected chi connectivity index (χ4v) is 3.88. The summed E-state index contributed by atoms with van der Waals surface area (Å²) in [5.41, 5.74) is 4.47. The molecule has 1 aliphatic rings. The Morgan fingerprint density at radius 1 is 1.21 bits per heavy atom. The lowest BCUT2D eigenvalue weighted by Crippen LogP contribution is -2.25. The van der Waals surface area contributed by atoms with Crippen molar-refractivity contribution in [3.8, 4) is 5.69 Å². The highest BCUT2D eigenvalue weighted by molar-refractivity contribution is 6.03. The number of hydrogen-bond donors (Lipinski definition) is 1. The van der Waals surface area contributed by atoms with Crippen molar-refractivity contribution >= 4 is 11.7 Å². The summed E-state index contributed by atoms with van der Waals surface area (Å²) in [5, 5.41) is 7.50. The van der Waals surface area contributed by atoms with E-state index in [1.165, 1.54) is 5.56 Å². The van der Waals surface area contributed by atoms with Crippen molar-refractivity contribution in [2.45, 2.75) is 46.0 Å². The molecule has 0 atom stereocenters. The van der Waals surface area contributed by atoms with Crippen molar-refractivity contribution < 1.29 is 14.0 Å². The quantitative estimate of drug-likeness (QED) is 0.645. The minimum absolute atomic E-state index is 0.0810. The summed E-state index contributed by atoms with van der Waals surface area (Å²) >= 11 is 0. The van der Waals surface area contributed by atoms with Gasteiger partial charge in [-0.05, 0) is 50.8 Å².